The fraction of sp³-hybridized carbons (Fsp3) is 0.276. The fourth-order valence-electron chi connectivity index (χ4n) is 4.21. The maximum Gasteiger partial charge on any atom is 0.336 e. The van der Waals surface area contributed by atoms with E-state index in [4.69, 9.17) is 9.47 Å². The molecule has 4 rings (SSSR count). The highest BCUT2D eigenvalue weighted by Gasteiger charge is 2.18. The molecule has 0 aliphatic carbocycles. The van der Waals surface area contributed by atoms with Crippen molar-refractivity contribution in [3.8, 4) is 11.5 Å². The molecule has 1 amide bonds. The second kappa shape index (κ2) is 11.5. The maximum atomic E-state index is 12.7. The predicted molar refractivity (Wildman–Crippen MR) is 139 cm³/mol. The van der Waals surface area contributed by atoms with Gasteiger partial charge in [0.1, 0.15) is 6.61 Å². The van der Waals surface area contributed by atoms with Gasteiger partial charge in [0.15, 0.2) is 11.5 Å². The van der Waals surface area contributed by atoms with Crippen LogP contribution in [0.15, 0.2) is 65.7 Å². The van der Waals surface area contributed by atoms with E-state index >= 15 is 0 Å². The van der Waals surface area contributed by atoms with Crippen LogP contribution in [0.1, 0.15) is 56.7 Å². The summed E-state index contributed by atoms with van der Waals surface area (Å²) in [4.78, 5) is 30.4. The summed E-state index contributed by atoms with van der Waals surface area (Å²) in [5.41, 5.74) is 3.88. The summed E-state index contributed by atoms with van der Waals surface area (Å²) < 4.78 is 11.5. The standard InChI is InChI=1S/C29H30N2O5/c1-20-24(29(33)34)7-6-8-25(20)30-18-22-11-14-26(27(17-22)35-2)36-19-21-9-12-23(13-10-21)28(32)31-15-4-3-5-16-31/h6-14,17-18H,3-5,15-16,19H2,1-2H3,(H,33,34). The summed E-state index contributed by atoms with van der Waals surface area (Å²) in [6.07, 6.45) is 5.00. The van der Waals surface area contributed by atoms with E-state index in [1.165, 1.54) is 6.42 Å². The van der Waals surface area contributed by atoms with E-state index in [9.17, 15) is 14.7 Å². The number of hydrogen-bond acceptors (Lipinski definition) is 5. The SMILES string of the molecule is COc1cc(C=Nc2cccc(C(=O)O)c2C)ccc1OCc1ccc(C(=O)N2CCCCC2)cc1. The van der Waals surface area contributed by atoms with Gasteiger partial charge in [-0.25, -0.2) is 4.79 Å². The minimum absolute atomic E-state index is 0.0889. The number of rotatable bonds is 8. The van der Waals surface area contributed by atoms with E-state index in [0.717, 1.165) is 37.1 Å². The predicted octanol–water partition coefficient (Wildman–Crippen LogP) is 5.66. The molecule has 0 aromatic heterocycles. The lowest BCUT2D eigenvalue weighted by Crippen LogP contribution is -2.35. The Morgan fingerprint density at radius 3 is 2.44 bits per heavy atom. The van der Waals surface area contributed by atoms with Crippen LogP contribution in [0, 0.1) is 6.92 Å². The molecule has 0 spiro atoms. The third-order valence-electron chi connectivity index (χ3n) is 6.31. The van der Waals surface area contributed by atoms with Gasteiger partial charge in [0.2, 0.25) is 0 Å². The second-order valence-corrected chi connectivity index (χ2v) is 8.76. The Bertz CT molecular complexity index is 1260. The van der Waals surface area contributed by atoms with Crippen molar-refractivity contribution in [2.45, 2.75) is 32.8 Å². The molecular weight excluding hydrogens is 456 g/mol. The van der Waals surface area contributed by atoms with Gasteiger partial charge in [0, 0.05) is 24.9 Å². The number of carbonyl (C=O) groups excluding carboxylic acids is 1. The van der Waals surface area contributed by atoms with Crippen LogP contribution in [0.3, 0.4) is 0 Å². The third kappa shape index (κ3) is 5.92. The highest BCUT2D eigenvalue weighted by molar-refractivity contribution is 5.94. The van der Waals surface area contributed by atoms with E-state index in [-0.39, 0.29) is 11.5 Å². The number of carboxylic acid groups (broad SMARTS) is 1. The molecule has 0 saturated carbocycles. The number of piperidine rings is 1. The minimum atomic E-state index is -0.976. The Balaban J connectivity index is 1.40. The summed E-state index contributed by atoms with van der Waals surface area (Å²) in [6.45, 7) is 3.74. The zero-order chi connectivity index (χ0) is 25.5. The number of amides is 1. The molecule has 1 N–H and O–H groups in total. The van der Waals surface area contributed by atoms with Crippen LogP contribution >= 0.6 is 0 Å². The van der Waals surface area contributed by atoms with E-state index in [0.29, 0.717) is 34.9 Å². The molecule has 0 radical (unpaired) electrons. The van der Waals surface area contributed by atoms with Gasteiger partial charge >= 0.3 is 5.97 Å². The fourth-order valence-corrected chi connectivity index (χ4v) is 4.21. The molecule has 0 atom stereocenters. The molecule has 36 heavy (non-hydrogen) atoms. The largest absolute Gasteiger partial charge is 0.493 e. The first-order valence-corrected chi connectivity index (χ1v) is 12.0. The number of nitrogens with zero attached hydrogens (tertiary/aromatic N) is 2. The minimum Gasteiger partial charge on any atom is -0.493 e. The lowest BCUT2D eigenvalue weighted by atomic mass is 10.1. The van der Waals surface area contributed by atoms with Crippen LogP contribution in [0.4, 0.5) is 5.69 Å². The number of aromatic carboxylic acids is 1. The molecule has 1 heterocycles. The highest BCUT2D eigenvalue weighted by Crippen LogP contribution is 2.29. The Morgan fingerprint density at radius 2 is 1.75 bits per heavy atom. The first-order chi connectivity index (χ1) is 17.5. The number of methoxy groups -OCH3 is 1. The van der Waals surface area contributed by atoms with E-state index < -0.39 is 5.97 Å². The van der Waals surface area contributed by atoms with Crippen molar-refractivity contribution in [3.05, 3.63) is 88.5 Å². The smallest absolute Gasteiger partial charge is 0.336 e. The number of ether oxygens (including phenoxy) is 2. The van der Waals surface area contributed by atoms with Crippen LogP contribution in [0.25, 0.3) is 0 Å². The second-order valence-electron chi connectivity index (χ2n) is 8.76. The Labute approximate surface area is 211 Å². The van der Waals surface area contributed by atoms with Crippen molar-refractivity contribution in [3.63, 3.8) is 0 Å². The van der Waals surface area contributed by atoms with Gasteiger partial charge in [0.25, 0.3) is 5.91 Å². The quantitative estimate of drug-likeness (QED) is 0.415. The van der Waals surface area contributed by atoms with Crippen LogP contribution < -0.4 is 9.47 Å². The van der Waals surface area contributed by atoms with Crippen molar-refractivity contribution in [1.82, 2.24) is 4.90 Å². The van der Waals surface area contributed by atoms with Crippen molar-refractivity contribution in [2.75, 3.05) is 20.2 Å². The van der Waals surface area contributed by atoms with Crippen LogP contribution in [-0.2, 0) is 6.61 Å². The first kappa shape index (κ1) is 25.0. The number of benzene rings is 3. The third-order valence-corrected chi connectivity index (χ3v) is 6.31. The number of aliphatic imine (C=N–C) groups is 1. The van der Waals surface area contributed by atoms with Crippen molar-refractivity contribution in [2.24, 2.45) is 4.99 Å². The first-order valence-electron chi connectivity index (χ1n) is 12.0. The Hall–Kier alpha value is -4.13. The highest BCUT2D eigenvalue weighted by atomic mass is 16.5. The summed E-state index contributed by atoms with van der Waals surface area (Å²) in [5, 5.41) is 9.30. The molecule has 186 valence electrons. The molecule has 7 nitrogen and oxygen atoms in total. The zero-order valence-corrected chi connectivity index (χ0v) is 20.6. The molecule has 1 saturated heterocycles. The van der Waals surface area contributed by atoms with Crippen LogP contribution in [0.5, 0.6) is 11.5 Å². The molecule has 1 fully saturated rings. The number of carboxylic acids is 1. The Morgan fingerprint density at radius 1 is 1.00 bits per heavy atom. The monoisotopic (exact) mass is 486 g/mol. The van der Waals surface area contributed by atoms with Crippen LogP contribution in [-0.4, -0.2) is 48.3 Å². The summed E-state index contributed by atoms with van der Waals surface area (Å²) >= 11 is 0. The maximum absolute atomic E-state index is 12.7. The van der Waals surface area contributed by atoms with E-state index in [1.807, 2.05) is 47.4 Å². The van der Waals surface area contributed by atoms with Crippen molar-refractivity contribution >= 4 is 23.8 Å². The number of likely N-dealkylation sites (tertiary alicyclic amines) is 1. The summed E-state index contributed by atoms with van der Waals surface area (Å²) in [5.74, 6) is 0.265. The van der Waals surface area contributed by atoms with Gasteiger partial charge in [-0.1, -0.05) is 18.2 Å². The van der Waals surface area contributed by atoms with E-state index in [2.05, 4.69) is 4.99 Å². The average Bonchev–Trinajstić information content (AvgIpc) is 2.91. The molecular formula is C29H30N2O5. The summed E-state index contributed by atoms with van der Waals surface area (Å²) in [7, 11) is 1.57. The van der Waals surface area contributed by atoms with Gasteiger partial charge in [0.05, 0.1) is 18.4 Å². The molecule has 0 bridgehead atoms. The number of hydrogen-bond donors (Lipinski definition) is 1. The molecule has 3 aromatic carbocycles. The lowest BCUT2D eigenvalue weighted by molar-refractivity contribution is 0.0693. The Kier molecular flexibility index (Phi) is 8.00. The van der Waals surface area contributed by atoms with Gasteiger partial charge in [-0.3, -0.25) is 9.79 Å². The normalized spacial score (nSPS) is 13.6. The van der Waals surface area contributed by atoms with Gasteiger partial charge in [-0.05, 0) is 85.3 Å². The topological polar surface area (TPSA) is 88.4 Å². The van der Waals surface area contributed by atoms with Crippen molar-refractivity contribution < 1.29 is 24.2 Å². The lowest BCUT2D eigenvalue weighted by Gasteiger charge is -2.26. The molecule has 7 heteroatoms. The van der Waals surface area contributed by atoms with Crippen molar-refractivity contribution in [1.29, 1.82) is 0 Å². The molecule has 0 unspecified atom stereocenters. The van der Waals surface area contributed by atoms with E-state index in [1.54, 1.807) is 38.4 Å². The molecule has 1 aliphatic heterocycles. The number of carbonyl (C=O) groups is 2. The molecule has 3 aromatic rings. The zero-order valence-electron chi connectivity index (χ0n) is 20.6. The summed E-state index contributed by atoms with van der Waals surface area (Å²) in [6, 6.07) is 18.0. The van der Waals surface area contributed by atoms with Gasteiger partial charge < -0.3 is 19.5 Å². The average molecular weight is 487 g/mol. The van der Waals surface area contributed by atoms with Gasteiger partial charge in [-0.2, -0.15) is 0 Å². The molecule has 1 aliphatic rings. The van der Waals surface area contributed by atoms with Gasteiger partial charge in [-0.15, -0.1) is 0 Å². The van der Waals surface area contributed by atoms with Crippen LogP contribution in [0.2, 0.25) is 0 Å².